The summed E-state index contributed by atoms with van der Waals surface area (Å²) < 4.78 is 0. The molecule has 2 aliphatic heterocycles. The summed E-state index contributed by atoms with van der Waals surface area (Å²) in [5, 5.41) is 12.5. The third kappa shape index (κ3) is 7.09. The van der Waals surface area contributed by atoms with E-state index in [4.69, 9.17) is 0 Å². The largest absolute Gasteiger partial charge is 0.391 e. The van der Waals surface area contributed by atoms with Gasteiger partial charge in [0.05, 0.1) is 6.10 Å². The molecule has 1 aromatic rings. The van der Waals surface area contributed by atoms with Gasteiger partial charge in [-0.3, -0.25) is 4.79 Å². The Balaban J connectivity index is 1.30. The number of likely N-dealkylation sites (tertiary alicyclic amines) is 2. The molecule has 5 nitrogen and oxygen atoms in total. The Labute approximate surface area is 176 Å². The molecule has 1 atom stereocenters. The van der Waals surface area contributed by atoms with Gasteiger partial charge >= 0.3 is 0 Å². The molecule has 0 bridgehead atoms. The van der Waals surface area contributed by atoms with Crippen molar-refractivity contribution in [2.24, 2.45) is 5.92 Å². The molecular weight excluding hydrogens is 362 g/mol. The van der Waals surface area contributed by atoms with E-state index >= 15 is 0 Å². The number of aliphatic hydroxyl groups is 1. The summed E-state index contributed by atoms with van der Waals surface area (Å²) >= 11 is 0. The molecule has 0 spiro atoms. The van der Waals surface area contributed by atoms with Crippen LogP contribution in [0.3, 0.4) is 0 Å². The maximum absolute atomic E-state index is 12.3. The van der Waals surface area contributed by atoms with Crippen LogP contribution in [-0.4, -0.2) is 72.2 Å². The molecule has 2 fully saturated rings. The molecule has 0 aromatic heterocycles. The molecule has 0 unspecified atom stereocenters. The minimum atomic E-state index is -0.420. The second kappa shape index (κ2) is 11.7. The van der Waals surface area contributed by atoms with E-state index in [9.17, 15) is 9.90 Å². The van der Waals surface area contributed by atoms with Crippen LogP contribution in [0.25, 0.3) is 0 Å². The number of nitrogens with zero attached hydrogens (tertiary/aromatic N) is 2. The Morgan fingerprint density at radius 3 is 2.45 bits per heavy atom. The van der Waals surface area contributed by atoms with Crippen molar-refractivity contribution in [3.8, 4) is 0 Å². The first kappa shape index (κ1) is 22.3. The molecular formula is C24H39N3O2. The second-order valence-electron chi connectivity index (χ2n) is 8.78. The first-order valence-corrected chi connectivity index (χ1v) is 11.6. The lowest BCUT2D eigenvalue weighted by Gasteiger charge is -2.41. The van der Waals surface area contributed by atoms with Gasteiger partial charge in [0.15, 0.2) is 0 Å². The van der Waals surface area contributed by atoms with Gasteiger partial charge in [0, 0.05) is 18.5 Å². The van der Waals surface area contributed by atoms with Crippen molar-refractivity contribution in [2.45, 2.75) is 64.0 Å². The quantitative estimate of drug-likeness (QED) is 0.668. The fourth-order valence-electron chi connectivity index (χ4n) is 4.69. The van der Waals surface area contributed by atoms with Crippen LogP contribution in [-0.2, 0) is 11.2 Å². The topological polar surface area (TPSA) is 55.8 Å². The first-order chi connectivity index (χ1) is 14.2. The zero-order valence-corrected chi connectivity index (χ0v) is 18.1. The highest BCUT2D eigenvalue weighted by molar-refractivity contribution is 5.78. The summed E-state index contributed by atoms with van der Waals surface area (Å²) in [6, 6.07) is 11.5. The third-order valence-electron chi connectivity index (χ3n) is 6.74. The van der Waals surface area contributed by atoms with Crippen molar-refractivity contribution in [1.29, 1.82) is 0 Å². The number of carbonyl (C=O) groups is 1. The van der Waals surface area contributed by atoms with Gasteiger partial charge in [0.1, 0.15) is 0 Å². The number of carbonyl (C=O) groups excluding carboxylic acids is 1. The monoisotopic (exact) mass is 401 g/mol. The van der Waals surface area contributed by atoms with E-state index in [1.54, 1.807) is 0 Å². The summed E-state index contributed by atoms with van der Waals surface area (Å²) in [6.07, 6.45) is 7.08. The van der Waals surface area contributed by atoms with Gasteiger partial charge in [-0.1, -0.05) is 37.3 Å². The number of piperidine rings is 2. The molecule has 2 aliphatic rings. The molecule has 2 N–H and O–H groups in total. The minimum Gasteiger partial charge on any atom is -0.391 e. The maximum atomic E-state index is 12.3. The maximum Gasteiger partial charge on any atom is 0.223 e. The third-order valence-corrected chi connectivity index (χ3v) is 6.74. The Morgan fingerprint density at radius 2 is 1.79 bits per heavy atom. The van der Waals surface area contributed by atoms with Gasteiger partial charge in [0.2, 0.25) is 5.91 Å². The highest BCUT2D eigenvalue weighted by Crippen LogP contribution is 2.24. The van der Waals surface area contributed by atoms with Gasteiger partial charge < -0.3 is 20.2 Å². The molecule has 5 heteroatoms. The highest BCUT2D eigenvalue weighted by atomic mass is 16.3. The molecule has 0 aliphatic carbocycles. The number of rotatable bonds is 9. The van der Waals surface area contributed by atoms with Crippen LogP contribution in [0.2, 0.25) is 0 Å². The van der Waals surface area contributed by atoms with Crippen LogP contribution >= 0.6 is 0 Å². The predicted molar refractivity (Wildman–Crippen MR) is 118 cm³/mol. The Morgan fingerprint density at radius 1 is 1.10 bits per heavy atom. The van der Waals surface area contributed by atoms with Gasteiger partial charge in [-0.2, -0.15) is 0 Å². The molecule has 162 valence electrons. The van der Waals surface area contributed by atoms with Crippen molar-refractivity contribution >= 4 is 5.91 Å². The summed E-state index contributed by atoms with van der Waals surface area (Å²) in [5.41, 5.74) is 1.44. The Hall–Kier alpha value is -1.43. The Bertz CT molecular complexity index is 593. The average molecular weight is 402 g/mol. The van der Waals surface area contributed by atoms with E-state index in [0.29, 0.717) is 19.0 Å². The van der Waals surface area contributed by atoms with Crippen LogP contribution in [0, 0.1) is 5.92 Å². The minimum absolute atomic E-state index is 0.119. The second-order valence-corrected chi connectivity index (χ2v) is 8.78. The first-order valence-electron chi connectivity index (χ1n) is 11.6. The molecule has 3 rings (SSSR count). The average Bonchev–Trinajstić information content (AvgIpc) is 2.78. The predicted octanol–water partition coefficient (Wildman–Crippen LogP) is 2.68. The number of aliphatic hydroxyl groups excluding tert-OH is 1. The van der Waals surface area contributed by atoms with Crippen LogP contribution in [0.5, 0.6) is 0 Å². The number of aryl methyl sites for hydroxylation is 1. The normalized spacial score (nSPS) is 21.2. The van der Waals surface area contributed by atoms with Gasteiger partial charge in [-0.05, 0) is 83.2 Å². The smallest absolute Gasteiger partial charge is 0.223 e. The standard InChI is InChI=1S/C24H39N3O2/c1-2-23(28)19-25-24(29)21-10-17-27(18-11-21)22-12-15-26(16-13-22)14-6-9-20-7-4-3-5-8-20/h3-5,7-8,21-23,28H,2,6,9-19H2,1H3,(H,25,29)/t23-/m1/s1. The van der Waals surface area contributed by atoms with Gasteiger partial charge in [-0.25, -0.2) is 0 Å². The molecule has 0 saturated carbocycles. The summed E-state index contributed by atoms with van der Waals surface area (Å²) in [4.78, 5) is 17.5. The Kier molecular flexibility index (Phi) is 8.96. The highest BCUT2D eigenvalue weighted by Gasteiger charge is 2.30. The van der Waals surface area contributed by atoms with E-state index in [-0.39, 0.29) is 11.8 Å². The lowest BCUT2D eigenvalue weighted by molar-refractivity contribution is -0.127. The number of benzene rings is 1. The van der Waals surface area contributed by atoms with Crippen molar-refractivity contribution in [3.63, 3.8) is 0 Å². The summed E-state index contributed by atoms with van der Waals surface area (Å²) in [6.45, 7) is 8.00. The summed E-state index contributed by atoms with van der Waals surface area (Å²) in [7, 11) is 0. The molecule has 29 heavy (non-hydrogen) atoms. The number of nitrogens with one attached hydrogen (secondary N) is 1. The van der Waals surface area contributed by atoms with Crippen molar-refractivity contribution < 1.29 is 9.90 Å². The van der Waals surface area contributed by atoms with E-state index in [0.717, 1.165) is 25.9 Å². The van der Waals surface area contributed by atoms with Crippen molar-refractivity contribution in [1.82, 2.24) is 15.1 Å². The van der Waals surface area contributed by atoms with E-state index in [1.165, 1.54) is 50.9 Å². The van der Waals surface area contributed by atoms with E-state index < -0.39 is 6.10 Å². The van der Waals surface area contributed by atoms with Crippen molar-refractivity contribution in [2.75, 3.05) is 39.3 Å². The zero-order valence-electron chi connectivity index (χ0n) is 18.1. The van der Waals surface area contributed by atoms with Crippen LogP contribution in [0.1, 0.15) is 51.0 Å². The molecule has 1 aromatic carbocycles. The van der Waals surface area contributed by atoms with Crippen LogP contribution in [0.15, 0.2) is 30.3 Å². The fourth-order valence-corrected chi connectivity index (χ4v) is 4.69. The molecule has 1 amide bonds. The van der Waals surface area contributed by atoms with Crippen molar-refractivity contribution in [3.05, 3.63) is 35.9 Å². The number of hydrogen-bond donors (Lipinski definition) is 2. The van der Waals surface area contributed by atoms with Gasteiger partial charge in [-0.15, -0.1) is 0 Å². The van der Waals surface area contributed by atoms with Crippen LogP contribution in [0.4, 0.5) is 0 Å². The molecule has 2 heterocycles. The number of amides is 1. The van der Waals surface area contributed by atoms with Crippen LogP contribution < -0.4 is 5.32 Å². The SMILES string of the molecule is CC[C@@H](O)CNC(=O)C1CCN(C2CCN(CCCc3ccccc3)CC2)CC1. The molecule has 2 saturated heterocycles. The fraction of sp³-hybridized carbons (Fsp3) is 0.708. The summed E-state index contributed by atoms with van der Waals surface area (Å²) in [5.74, 6) is 0.249. The van der Waals surface area contributed by atoms with E-state index in [1.807, 2.05) is 6.92 Å². The van der Waals surface area contributed by atoms with Gasteiger partial charge in [0.25, 0.3) is 0 Å². The lowest BCUT2D eigenvalue weighted by Crippen LogP contribution is -2.49. The number of hydrogen-bond acceptors (Lipinski definition) is 4. The molecule has 0 radical (unpaired) electrons. The zero-order chi connectivity index (χ0) is 20.5. The van der Waals surface area contributed by atoms with E-state index in [2.05, 4.69) is 45.4 Å². The lowest BCUT2D eigenvalue weighted by atomic mass is 9.92.